The molecule has 0 spiro atoms. The van der Waals surface area contributed by atoms with Crippen LogP contribution in [0.15, 0.2) is 48.5 Å². The van der Waals surface area contributed by atoms with E-state index in [0.29, 0.717) is 23.7 Å². The largest absolute Gasteiger partial charge is 0.494 e. The molecule has 214 valence electrons. The van der Waals surface area contributed by atoms with Gasteiger partial charge >= 0.3 is 11.9 Å². The zero-order valence-electron chi connectivity index (χ0n) is 24.3. The van der Waals surface area contributed by atoms with Crippen molar-refractivity contribution in [1.82, 2.24) is 0 Å². The van der Waals surface area contributed by atoms with Gasteiger partial charge in [0.1, 0.15) is 17.2 Å². The van der Waals surface area contributed by atoms with Crippen molar-refractivity contribution in [3.05, 3.63) is 54.1 Å². The van der Waals surface area contributed by atoms with E-state index in [1.807, 2.05) is 0 Å². The van der Waals surface area contributed by atoms with Crippen LogP contribution in [0.1, 0.15) is 115 Å². The van der Waals surface area contributed by atoms with Crippen LogP contribution < -0.4 is 14.2 Å². The topological polar surface area (TPSA) is 61.8 Å². The molecule has 1 fully saturated rings. The van der Waals surface area contributed by atoms with Crippen molar-refractivity contribution in [1.29, 1.82) is 0 Å². The summed E-state index contributed by atoms with van der Waals surface area (Å²) >= 11 is 0. The average Bonchev–Trinajstić information content (AvgIpc) is 2.96. The summed E-state index contributed by atoms with van der Waals surface area (Å²) in [5, 5.41) is 0. The lowest BCUT2D eigenvalue weighted by molar-refractivity contribution is -0.140. The van der Waals surface area contributed by atoms with Gasteiger partial charge in [0.05, 0.1) is 18.1 Å². The third-order valence-electron chi connectivity index (χ3n) is 8.05. The maximum atomic E-state index is 12.6. The van der Waals surface area contributed by atoms with Gasteiger partial charge in [-0.05, 0) is 92.5 Å². The van der Waals surface area contributed by atoms with Crippen LogP contribution >= 0.6 is 0 Å². The molecule has 3 rings (SSSR count). The van der Waals surface area contributed by atoms with Gasteiger partial charge in [-0.2, -0.15) is 0 Å². The molecule has 0 N–H and O–H groups in total. The molecule has 2 aromatic carbocycles. The number of benzene rings is 2. The highest BCUT2D eigenvalue weighted by Gasteiger charge is 2.27. The van der Waals surface area contributed by atoms with E-state index in [2.05, 4.69) is 20.8 Å². The van der Waals surface area contributed by atoms with Crippen LogP contribution in [0.2, 0.25) is 0 Å². The SMILES string of the molecule is CCCCCC1CCC(C(=O)Oc2ccc(OC(=O)c3ccc(OCCCCCC(C)CC)cc3)cc2)CC1. The lowest BCUT2D eigenvalue weighted by Crippen LogP contribution is -2.25. The van der Waals surface area contributed by atoms with Gasteiger partial charge in [0.2, 0.25) is 0 Å². The van der Waals surface area contributed by atoms with Crippen LogP contribution in [0.25, 0.3) is 0 Å². The van der Waals surface area contributed by atoms with E-state index in [-0.39, 0.29) is 11.9 Å². The Bertz CT molecular complexity index is 974. The highest BCUT2D eigenvalue weighted by atomic mass is 16.5. The molecule has 2 aromatic rings. The van der Waals surface area contributed by atoms with Crippen molar-refractivity contribution in [3.8, 4) is 17.2 Å². The smallest absolute Gasteiger partial charge is 0.343 e. The van der Waals surface area contributed by atoms with Crippen LogP contribution in [-0.2, 0) is 4.79 Å². The number of esters is 2. The molecule has 0 heterocycles. The van der Waals surface area contributed by atoms with Crippen LogP contribution in [-0.4, -0.2) is 18.5 Å². The average molecular weight is 537 g/mol. The summed E-state index contributed by atoms with van der Waals surface area (Å²) in [5.41, 5.74) is 0.455. The van der Waals surface area contributed by atoms with Gasteiger partial charge in [-0.15, -0.1) is 0 Å². The zero-order valence-corrected chi connectivity index (χ0v) is 24.3. The Kier molecular flexibility index (Phi) is 13.4. The van der Waals surface area contributed by atoms with Crippen molar-refractivity contribution in [2.75, 3.05) is 6.61 Å². The Morgan fingerprint density at radius 2 is 1.41 bits per heavy atom. The summed E-state index contributed by atoms with van der Waals surface area (Å²) in [6.45, 7) is 7.46. The normalized spacial score (nSPS) is 17.8. The fourth-order valence-electron chi connectivity index (χ4n) is 5.16. The fourth-order valence-corrected chi connectivity index (χ4v) is 5.16. The minimum absolute atomic E-state index is 0.0218. The van der Waals surface area contributed by atoms with Gasteiger partial charge in [-0.1, -0.05) is 72.1 Å². The number of hydrogen-bond donors (Lipinski definition) is 0. The van der Waals surface area contributed by atoms with Crippen LogP contribution in [0, 0.1) is 17.8 Å². The molecular weight excluding hydrogens is 488 g/mol. The predicted molar refractivity (Wildman–Crippen MR) is 156 cm³/mol. The van der Waals surface area contributed by atoms with Crippen molar-refractivity contribution in [2.24, 2.45) is 17.8 Å². The summed E-state index contributed by atoms with van der Waals surface area (Å²) in [4.78, 5) is 25.2. The van der Waals surface area contributed by atoms with E-state index in [0.717, 1.165) is 49.7 Å². The van der Waals surface area contributed by atoms with Crippen molar-refractivity contribution in [3.63, 3.8) is 0 Å². The summed E-state index contributed by atoms with van der Waals surface area (Å²) in [5.74, 6) is 2.58. The third kappa shape index (κ3) is 11.1. The molecule has 0 radical (unpaired) electrons. The summed E-state index contributed by atoms with van der Waals surface area (Å²) < 4.78 is 16.9. The maximum Gasteiger partial charge on any atom is 0.343 e. The Morgan fingerprint density at radius 1 is 0.769 bits per heavy atom. The Balaban J connectivity index is 1.36. The lowest BCUT2D eigenvalue weighted by atomic mass is 9.80. The molecule has 0 bridgehead atoms. The number of rotatable bonds is 16. The third-order valence-corrected chi connectivity index (χ3v) is 8.05. The fraction of sp³-hybridized carbons (Fsp3) is 0.588. The van der Waals surface area contributed by atoms with Gasteiger partial charge in [-0.25, -0.2) is 4.79 Å². The molecule has 0 aliphatic heterocycles. The van der Waals surface area contributed by atoms with Gasteiger partial charge in [0.25, 0.3) is 0 Å². The molecular formula is C34H48O5. The first kappa shape index (κ1) is 30.7. The molecule has 5 nitrogen and oxygen atoms in total. The minimum atomic E-state index is -0.438. The molecule has 1 aliphatic carbocycles. The highest BCUT2D eigenvalue weighted by molar-refractivity contribution is 5.91. The lowest BCUT2D eigenvalue weighted by Gasteiger charge is -2.27. The first-order valence-electron chi connectivity index (χ1n) is 15.2. The van der Waals surface area contributed by atoms with E-state index in [4.69, 9.17) is 14.2 Å². The molecule has 1 unspecified atom stereocenters. The molecule has 0 amide bonds. The van der Waals surface area contributed by atoms with Crippen LogP contribution in [0.3, 0.4) is 0 Å². The van der Waals surface area contributed by atoms with Gasteiger partial charge in [-0.3, -0.25) is 4.79 Å². The molecule has 5 heteroatoms. The van der Waals surface area contributed by atoms with E-state index in [9.17, 15) is 9.59 Å². The Morgan fingerprint density at radius 3 is 2.05 bits per heavy atom. The monoisotopic (exact) mass is 536 g/mol. The number of carbonyl (C=O) groups is 2. The van der Waals surface area contributed by atoms with Crippen molar-refractivity contribution < 1.29 is 23.8 Å². The van der Waals surface area contributed by atoms with E-state index >= 15 is 0 Å². The van der Waals surface area contributed by atoms with E-state index in [1.165, 1.54) is 51.4 Å². The number of ether oxygens (including phenoxy) is 3. The number of hydrogen-bond acceptors (Lipinski definition) is 5. The van der Waals surface area contributed by atoms with E-state index < -0.39 is 5.97 Å². The van der Waals surface area contributed by atoms with Crippen molar-refractivity contribution in [2.45, 2.75) is 104 Å². The van der Waals surface area contributed by atoms with Gasteiger partial charge in [0, 0.05) is 0 Å². The summed E-state index contributed by atoms with van der Waals surface area (Å²) in [6, 6.07) is 13.7. The second-order valence-corrected chi connectivity index (χ2v) is 11.2. The van der Waals surface area contributed by atoms with Crippen LogP contribution in [0.5, 0.6) is 17.2 Å². The molecule has 0 aromatic heterocycles. The quantitative estimate of drug-likeness (QED) is 0.122. The molecule has 39 heavy (non-hydrogen) atoms. The molecule has 1 saturated carbocycles. The highest BCUT2D eigenvalue weighted by Crippen LogP contribution is 2.33. The molecule has 1 atom stereocenters. The first-order valence-corrected chi connectivity index (χ1v) is 15.2. The second kappa shape index (κ2) is 17.0. The van der Waals surface area contributed by atoms with Gasteiger partial charge < -0.3 is 14.2 Å². The second-order valence-electron chi connectivity index (χ2n) is 11.2. The Hall–Kier alpha value is -2.82. The van der Waals surface area contributed by atoms with Crippen molar-refractivity contribution >= 4 is 11.9 Å². The molecule has 0 saturated heterocycles. The number of carbonyl (C=O) groups excluding carboxylic acids is 2. The summed E-state index contributed by atoms with van der Waals surface area (Å²) in [6.07, 6.45) is 15.2. The van der Waals surface area contributed by atoms with E-state index in [1.54, 1.807) is 48.5 Å². The zero-order chi connectivity index (χ0) is 27.9. The number of unbranched alkanes of at least 4 members (excludes halogenated alkanes) is 4. The first-order chi connectivity index (χ1) is 19.0. The van der Waals surface area contributed by atoms with Gasteiger partial charge in [0.15, 0.2) is 0 Å². The summed E-state index contributed by atoms with van der Waals surface area (Å²) in [7, 11) is 0. The van der Waals surface area contributed by atoms with Crippen LogP contribution in [0.4, 0.5) is 0 Å². The maximum absolute atomic E-state index is 12.6. The Labute approximate surface area is 235 Å². The standard InChI is InChI=1S/C34H48O5/c1-4-6-8-12-27-13-15-28(16-14-27)33(35)38-31-21-23-32(24-22-31)39-34(36)29-17-19-30(20-18-29)37-25-10-7-9-11-26(3)5-2/h17-24,26-28H,4-16,25H2,1-3H3. The minimum Gasteiger partial charge on any atom is -0.494 e. The molecule has 1 aliphatic rings. The predicted octanol–water partition coefficient (Wildman–Crippen LogP) is 9.18.